The number of aromatic nitrogens is 4. The molecule has 0 aliphatic carbocycles. The van der Waals surface area contributed by atoms with E-state index in [1.54, 1.807) is 6.07 Å². The van der Waals surface area contributed by atoms with E-state index >= 15 is 0 Å². The molecule has 2 aromatic heterocycles. The van der Waals surface area contributed by atoms with E-state index in [1.165, 1.54) is 12.1 Å². The van der Waals surface area contributed by atoms with Crippen LogP contribution in [0.5, 0.6) is 5.75 Å². The smallest absolute Gasteiger partial charge is 0.406 e. The van der Waals surface area contributed by atoms with Crippen molar-refractivity contribution in [2.75, 3.05) is 10.6 Å². The Hall–Kier alpha value is -3.89. The van der Waals surface area contributed by atoms with Crippen LogP contribution in [-0.4, -0.2) is 26.5 Å². The molecule has 2 heterocycles. The largest absolute Gasteiger partial charge is 0.573 e. The molecule has 0 unspecified atom stereocenters. The summed E-state index contributed by atoms with van der Waals surface area (Å²) in [5, 5.41) is 13.5. The van der Waals surface area contributed by atoms with Crippen molar-refractivity contribution in [3.05, 3.63) is 60.2 Å². The second-order valence-corrected chi connectivity index (χ2v) is 6.29. The number of halogens is 4. The van der Waals surface area contributed by atoms with Crippen molar-refractivity contribution < 1.29 is 22.3 Å². The van der Waals surface area contributed by atoms with E-state index in [9.17, 15) is 17.6 Å². The maximum absolute atomic E-state index is 14.1. The fourth-order valence-electron chi connectivity index (χ4n) is 2.77. The van der Waals surface area contributed by atoms with Crippen LogP contribution in [0.25, 0.3) is 10.9 Å². The van der Waals surface area contributed by atoms with Gasteiger partial charge < -0.3 is 15.4 Å². The lowest BCUT2D eigenvalue weighted by Gasteiger charge is -2.12. The molecule has 0 bridgehead atoms. The molecule has 0 aliphatic heterocycles. The third-order valence-electron chi connectivity index (χ3n) is 4.08. The molecule has 0 aliphatic rings. The van der Waals surface area contributed by atoms with Crippen LogP contribution in [0.15, 0.2) is 48.7 Å². The summed E-state index contributed by atoms with van der Waals surface area (Å²) in [7, 11) is 0. The molecule has 4 aromatic rings. The topological polar surface area (TPSA) is 87.8 Å². The van der Waals surface area contributed by atoms with Gasteiger partial charge in [0.2, 0.25) is 5.95 Å². The van der Waals surface area contributed by atoms with Crippen LogP contribution in [0.2, 0.25) is 0 Å². The van der Waals surface area contributed by atoms with Gasteiger partial charge in [-0.15, -0.1) is 13.2 Å². The zero-order chi connectivity index (χ0) is 21.3. The Bertz CT molecular complexity index is 1210. The lowest BCUT2D eigenvalue weighted by atomic mass is 10.2. The van der Waals surface area contributed by atoms with Crippen LogP contribution in [0.3, 0.4) is 0 Å². The minimum absolute atomic E-state index is 0.0992. The van der Waals surface area contributed by atoms with Crippen molar-refractivity contribution in [3.8, 4) is 5.75 Å². The van der Waals surface area contributed by atoms with E-state index in [2.05, 4.69) is 35.5 Å². The van der Waals surface area contributed by atoms with E-state index in [0.29, 0.717) is 5.69 Å². The highest BCUT2D eigenvalue weighted by molar-refractivity contribution is 5.85. The highest BCUT2D eigenvalue weighted by Gasteiger charge is 2.31. The van der Waals surface area contributed by atoms with Gasteiger partial charge in [0.15, 0.2) is 11.6 Å². The highest BCUT2D eigenvalue weighted by atomic mass is 19.4. The van der Waals surface area contributed by atoms with Crippen molar-refractivity contribution in [1.29, 1.82) is 0 Å². The van der Waals surface area contributed by atoms with Crippen molar-refractivity contribution in [2.24, 2.45) is 0 Å². The lowest BCUT2D eigenvalue weighted by Crippen LogP contribution is -2.17. The van der Waals surface area contributed by atoms with Gasteiger partial charge in [0, 0.05) is 22.8 Å². The van der Waals surface area contributed by atoms with Gasteiger partial charge in [-0.2, -0.15) is 10.1 Å². The molecule has 0 atom stereocenters. The van der Waals surface area contributed by atoms with Gasteiger partial charge in [-0.05, 0) is 37.3 Å². The lowest BCUT2D eigenvalue weighted by molar-refractivity contribution is -0.274. The molecule has 2 aromatic carbocycles. The Balaban J connectivity index is 1.56. The average Bonchev–Trinajstić information content (AvgIpc) is 3.04. The second-order valence-electron chi connectivity index (χ2n) is 6.29. The van der Waals surface area contributed by atoms with Crippen LogP contribution in [0.1, 0.15) is 5.69 Å². The van der Waals surface area contributed by atoms with Crippen LogP contribution in [-0.2, 0) is 0 Å². The molecular formula is C19H14F4N6O. The molecule has 11 heteroatoms. The van der Waals surface area contributed by atoms with Gasteiger partial charge in [-0.25, -0.2) is 9.37 Å². The van der Waals surface area contributed by atoms with Crippen molar-refractivity contribution in [2.45, 2.75) is 13.3 Å². The third kappa shape index (κ3) is 4.40. The summed E-state index contributed by atoms with van der Waals surface area (Å²) in [6.07, 6.45) is -3.88. The third-order valence-corrected chi connectivity index (χ3v) is 4.08. The summed E-state index contributed by atoms with van der Waals surface area (Å²) in [4.78, 5) is 7.96. The fraction of sp³-hybridized carbons (Fsp3) is 0.105. The number of nitrogens with one attached hydrogen (secondary N) is 3. The molecule has 0 saturated carbocycles. The second kappa shape index (κ2) is 7.50. The SMILES string of the molecule is Cc1n[nH]c2ccc(Nc3ncc(F)c(Nc4cccc(OC(F)(F)F)c4)n3)cc12. The van der Waals surface area contributed by atoms with Gasteiger partial charge in [0.1, 0.15) is 5.75 Å². The van der Waals surface area contributed by atoms with E-state index in [0.717, 1.165) is 34.9 Å². The number of H-pyrrole nitrogens is 1. The van der Waals surface area contributed by atoms with E-state index < -0.39 is 17.9 Å². The summed E-state index contributed by atoms with van der Waals surface area (Å²) in [6, 6.07) is 10.4. The highest BCUT2D eigenvalue weighted by Crippen LogP contribution is 2.28. The molecule has 0 fully saturated rings. The molecule has 0 amide bonds. The zero-order valence-corrected chi connectivity index (χ0v) is 15.4. The molecule has 3 N–H and O–H groups in total. The first-order valence-electron chi connectivity index (χ1n) is 8.64. The molecule has 0 spiro atoms. The minimum atomic E-state index is -4.83. The molecule has 30 heavy (non-hydrogen) atoms. The predicted molar refractivity (Wildman–Crippen MR) is 103 cm³/mol. The number of nitrogens with zero attached hydrogens (tertiary/aromatic N) is 3. The summed E-state index contributed by atoms with van der Waals surface area (Å²) in [6.45, 7) is 1.86. The van der Waals surface area contributed by atoms with Crippen molar-refractivity contribution in [3.63, 3.8) is 0 Å². The Morgan fingerprint density at radius 2 is 1.83 bits per heavy atom. The van der Waals surface area contributed by atoms with Gasteiger partial charge in [-0.1, -0.05) is 6.07 Å². The first-order chi connectivity index (χ1) is 14.3. The van der Waals surface area contributed by atoms with Crippen LogP contribution in [0.4, 0.5) is 40.7 Å². The molecule has 154 valence electrons. The van der Waals surface area contributed by atoms with Gasteiger partial charge in [0.25, 0.3) is 0 Å². The first-order valence-corrected chi connectivity index (χ1v) is 8.64. The number of alkyl halides is 3. The standard InChI is InChI=1S/C19H14F4N6O/c1-10-14-8-12(5-6-16(14)29-28-10)26-18-24-9-15(20)17(27-18)25-11-3-2-4-13(7-11)30-19(21,22)23/h2-9H,1H3,(H,28,29)(H2,24,25,26,27). The van der Waals surface area contributed by atoms with E-state index in [4.69, 9.17) is 0 Å². The number of hydrogen-bond acceptors (Lipinski definition) is 6. The molecule has 7 nitrogen and oxygen atoms in total. The summed E-state index contributed by atoms with van der Waals surface area (Å²) < 4.78 is 55.2. The predicted octanol–water partition coefficient (Wildman–Crippen LogP) is 5.19. The van der Waals surface area contributed by atoms with Crippen molar-refractivity contribution >= 4 is 34.0 Å². The number of hydrogen-bond donors (Lipinski definition) is 3. The molecular weight excluding hydrogens is 404 g/mol. The van der Waals surface area contributed by atoms with Gasteiger partial charge in [0.05, 0.1) is 17.4 Å². The summed E-state index contributed by atoms with van der Waals surface area (Å²) in [5.41, 5.74) is 2.50. The first kappa shape index (κ1) is 19.4. The number of rotatable bonds is 5. The number of aryl methyl sites for hydroxylation is 1. The number of anilines is 4. The Morgan fingerprint density at radius 1 is 1.03 bits per heavy atom. The van der Waals surface area contributed by atoms with Crippen LogP contribution in [0, 0.1) is 12.7 Å². The summed E-state index contributed by atoms with van der Waals surface area (Å²) in [5.74, 6) is -1.33. The van der Waals surface area contributed by atoms with Crippen LogP contribution < -0.4 is 15.4 Å². The molecule has 0 radical (unpaired) electrons. The van der Waals surface area contributed by atoms with E-state index in [-0.39, 0.29) is 17.5 Å². The van der Waals surface area contributed by atoms with E-state index in [1.807, 2.05) is 19.1 Å². The number of fused-ring (bicyclic) bond motifs is 1. The minimum Gasteiger partial charge on any atom is -0.406 e. The normalized spacial score (nSPS) is 11.5. The maximum atomic E-state index is 14.1. The van der Waals surface area contributed by atoms with Crippen LogP contribution >= 0.6 is 0 Å². The number of benzene rings is 2. The van der Waals surface area contributed by atoms with Gasteiger partial charge >= 0.3 is 6.36 Å². The molecule has 4 rings (SSSR count). The number of aromatic amines is 1. The monoisotopic (exact) mass is 418 g/mol. The molecule has 0 saturated heterocycles. The quantitative estimate of drug-likeness (QED) is 0.387. The average molecular weight is 418 g/mol. The Labute approximate surface area is 167 Å². The fourth-order valence-corrected chi connectivity index (χ4v) is 2.77. The maximum Gasteiger partial charge on any atom is 0.573 e. The van der Waals surface area contributed by atoms with Gasteiger partial charge in [-0.3, -0.25) is 5.10 Å². The zero-order valence-electron chi connectivity index (χ0n) is 15.4. The van der Waals surface area contributed by atoms with Crippen molar-refractivity contribution in [1.82, 2.24) is 20.2 Å². The Kier molecular flexibility index (Phi) is 4.86. The Morgan fingerprint density at radius 3 is 2.63 bits per heavy atom. The number of ether oxygens (including phenoxy) is 1. The summed E-state index contributed by atoms with van der Waals surface area (Å²) >= 11 is 0.